The molecular weight excluding hydrogens is 338 g/mol. The zero-order chi connectivity index (χ0) is 20.2. The Bertz CT molecular complexity index is 393. The molecule has 0 aliphatic heterocycles. The van der Waals surface area contributed by atoms with Crippen molar-refractivity contribution in [2.75, 3.05) is 6.61 Å². The summed E-state index contributed by atoms with van der Waals surface area (Å²) in [6.45, 7) is 3.91. The molecule has 0 saturated carbocycles. The maximum atomic E-state index is 11.6. The van der Waals surface area contributed by atoms with Crippen LogP contribution in [0, 0.1) is 0 Å². The zero-order valence-electron chi connectivity index (χ0n) is 17.7. The minimum absolute atomic E-state index is 0.132. The van der Waals surface area contributed by atoms with Crippen molar-refractivity contribution >= 4 is 5.91 Å². The summed E-state index contributed by atoms with van der Waals surface area (Å²) in [5.74, 6) is -0.132. The van der Waals surface area contributed by atoms with Crippen LogP contribution in [0.2, 0.25) is 0 Å². The van der Waals surface area contributed by atoms with E-state index in [1.54, 1.807) is 6.08 Å². The summed E-state index contributed by atoms with van der Waals surface area (Å²) in [6.07, 6.45) is 22.1. The molecule has 0 aliphatic rings. The van der Waals surface area contributed by atoms with Crippen LogP contribution in [-0.4, -0.2) is 34.9 Å². The molecule has 158 valence electrons. The molecule has 0 spiro atoms. The number of unbranched alkanes of at least 4 members (excludes halogenated alkanes) is 9. The van der Waals surface area contributed by atoms with Crippen LogP contribution in [-0.2, 0) is 4.79 Å². The fourth-order valence-electron chi connectivity index (χ4n) is 2.94. The Morgan fingerprint density at radius 1 is 0.852 bits per heavy atom. The Hall–Kier alpha value is -1.13. The van der Waals surface area contributed by atoms with E-state index in [-0.39, 0.29) is 12.5 Å². The lowest BCUT2D eigenvalue weighted by Gasteiger charge is -2.19. The molecule has 0 saturated heterocycles. The van der Waals surface area contributed by atoms with E-state index in [1.165, 1.54) is 51.4 Å². The predicted molar refractivity (Wildman–Crippen MR) is 115 cm³/mol. The van der Waals surface area contributed by atoms with Gasteiger partial charge in [-0.05, 0) is 32.1 Å². The second-order valence-electron chi connectivity index (χ2n) is 7.34. The molecule has 3 N–H and O–H groups in total. The van der Waals surface area contributed by atoms with Crippen LogP contribution in [0.5, 0.6) is 0 Å². The molecule has 0 aromatic heterocycles. The maximum absolute atomic E-state index is 11.6. The van der Waals surface area contributed by atoms with Gasteiger partial charge in [0.25, 0.3) is 0 Å². The number of aliphatic hydroxyl groups is 2. The largest absolute Gasteiger partial charge is 0.394 e. The Balaban J connectivity index is 3.68. The zero-order valence-corrected chi connectivity index (χ0v) is 17.7. The van der Waals surface area contributed by atoms with E-state index >= 15 is 0 Å². The smallest absolute Gasteiger partial charge is 0.220 e. The van der Waals surface area contributed by atoms with Crippen molar-refractivity contribution in [3.63, 3.8) is 0 Å². The fourth-order valence-corrected chi connectivity index (χ4v) is 2.94. The lowest BCUT2D eigenvalue weighted by molar-refractivity contribution is -0.122. The number of aliphatic hydroxyl groups excluding tert-OH is 2. The van der Waals surface area contributed by atoms with Crippen LogP contribution >= 0.6 is 0 Å². The Labute approximate surface area is 167 Å². The van der Waals surface area contributed by atoms with Crippen LogP contribution in [0.1, 0.15) is 97.3 Å². The first-order valence-electron chi connectivity index (χ1n) is 11.1. The molecule has 1 amide bonds. The maximum Gasteiger partial charge on any atom is 0.220 e. The van der Waals surface area contributed by atoms with Crippen molar-refractivity contribution in [2.24, 2.45) is 0 Å². The SMILES string of the molecule is CCCCCCCCCC/C=C/CC/C=C/C(O)C(CO)NC(=O)CCC. The number of nitrogens with one attached hydrogen (secondary N) is 1. The molecule has 2 atom stereocenters. The molecule has 0 bridgehead atoms. The van der Waals surface area contributed by atoms with E-state index in [1.807, 2.05) is 13.0 Å². The van der Waals surface area contributed by atoms with Crippen LogP contribution in [0.25, 0.3) is 0 Å². The van der Waals surface area contributed by atoms with Crippen LogP contribution in [0.15, 0.2) is 24.3 Å². The summed E-state index contributed by atoms with van der Waals surface area (Å²) in [7, 11) is 0. The van der Waals surface area contributed by atoms with Gasteiger partial charge < -0.3 is 15.5 Å². The topological polar surface area (TPSA) is 69.6 Å². The summed E-state index contributed by atoms with van der Waals surface area (Å²) < 4.78 is 0. The van der Waals surface area contributed by atoms with Gasteiger partial charge in [-0.3, -0.25) is 4.79 Å². The first-order valence-corrected chi connectivity index (χ1v) is 11.1. The second-order valence-corrected chi connectivity index (χ2v) is 7.34. The second kappa shape index (κ2) is 19.6. The average molecular weight is 382 g/mol. The highest BCUT2D eigenvalue weighted by Crippen LogP contribution is 2.10. The monoisotopic (exact) mass is 381 g/mol. The number of hydrogen-bond acceptors (Lipinski definition) is 3. The van der Waals surface area contributed by atoms with E-state index in [0.717, 1.165) is 25.7 Å². The van der Waals surface area contributed by atoms with Gasteiger partial charge in [0.1, 0.15) is 0 Å². The van der Waals surface area contributed by atoms with Gasteiger partial charge >= 0.3 is 0 Å². The number of rotatable bonds is 18. The molecule has 0 aromatic rings. The molecule has 27 heavy (non-hydrogen) atoms. The van der Waals surface area contributed by atoms with Gasteiger partial charge in [-0.2, -0.15) is 0 Å². The van der Waals surface area contributed by atoms with Crippen molar-refractivity contribution in [2.45, 2.75) is 109 Å². The summed E-state index contributed by atoms with van der Waals surface area (Å²) in [5.41, 5.74) is 0. The summed E-state index contributed by atoms with van der Waals surface area (Å²) in [5, 5.41) is 22.0. The quantitative estimate of drug-likeness (QED) is 0.230. The Morgan fingerprint density at radius 2 is 1.44 bits per heavy atom. The lowest BCUT2D eigenvalue weighted by atomic mass is 10.1. The highest BCUT2D eigenvalue weighted by Gasteiger charge is 2.17. The number of allylic oxidation sites excluding steroid dienone is 3. The van der Waals surface area contributed by atoms with E-state index in [0.29, 0.717) is 6.42 Å². The van der Waals surface area contributed by atoms with Gasteiger partial charge in [-0.15, -0.1) is 0 Å². The van der Waals surface area contributed by atoms with Gasteiger partial charge in [0.15, 0.2) is 0 Å². The fraction of sp³-hybridized carbons (Fsp3) is 0.783. The number of carbonyl (C=O) groups is 1. The third-order valence-electron chi connectivity index (χ3n) is 4.66. The molecule has 0 aliphatic carbocycles. The van der Waals surface area contributed by atoms with E-state index < -0.39 is 12.1 Å². The summed E-state index contributed by atoms with van der Waals surface area (Å²) in [6, 6.07) is -0.627. The minimum Gasteiger partial charge on any atom is -0.394 e. The van der Waals surface area contributed by atoms with Gasteiger partial charge in [-0.25, -0.2) is 0 Å². The molecule has 0 fully saturated rings. The lowest BCUT2D eigenvalue weighted by Crippen LogP contribution is -2.45. The highest BCUT2D eigenvalue weighted by molar-refractivity contribution is 5.76. The first kappa shape index (κ1) is 25.9. The standard InChI is InChI=1S/C23H43NO3/c1-3-5-6-7-8-9-10-11-12-13-14-15-16-17-19-22(26)21(20-25)24-23(27)18-4-2/h13-14,17,19,21-22,25-26H,3-12,15-16,18,20H2,1-2H3,(H,24,27)/b14-13+,19-17+. The molecule has 2 unspecified atom stereocenters. The average Bonchev–Trinajstić information content (AvgIpc) is 2.66. The molecule has 0 aromatic carbocycles. The first-order chi connectivity index (χ1) is 13.2. The van der Waals surface area contributed by atoms with E-state index in [9.17, 15) is 15.0 Å². The molecule has 0 rings (SSSR count). The van der Waals surface area contributed by atoms with E-state index in [4.69, 9.17) is 0 Å². The summed E-state index contributed by atoms with van der Waals surface area (Å²) in [4.78, 5) is 11.6. The Morgan fingerprint density at radius 3 is 2.07 bits per heavy atom. The third kappa shape index (κ3) is 16.7. The van der Waals surface area contributed by atoms with Crippen LogP contribution < -0.4 is 5.32 Å². The van der Waals surface area contributed by atoms with Crippen LogP contribution in [0.4, 0.5) is 0 Å². The van der Waals surface area contributed by atoms with Crippen molar-refractivity contribution in [3.05, 3.63) is 24.3 Å². The van der Waals surface area contributed by atoms with Gasteiger partial charge in [-0.1, -0.05) is 83.1 Å². The van der Waals surface area contributed by atoms with Gasteiger partial charge in [0.2, 0.25) is 5.91 Å². The molecule has 4 heteroatoms. The highest BCUT2D eigenvalue weighted by atomic mass is 16.3. The number of amides is 1. The van der Waals surface area contributed by atoms with Crippen molar-refractivity contribution in [1.82, 2.24) is 5.32 Å². The molecule has 4 nitrogen and oxygen atoms in total. The molecular formula is C23H43NO3. The van der Waals surface area contributed by atoms with Crippen LogP contribution in [0.3, 0.4) is 0 Å². The minimum atomic E-state index is -0.850. The van der Waals surface area contributed by atoms with E-state index in [2.05, 4.69) is 24.4 Å². The van der Waals surface area contributed by atoms with Gasteiger partial charge in [0, 0.05) is 6.42 Å². The van der Waals surface area contributed by atoms with Gasteiger partial charge in [0.05, 0.1) is 18.8 Å². The molecule has 0 radical (unpaired) electrons. The normalized spacial score (nSPS) is 14.1. The van der Waals surface area contributed by atoms with Crippen molar-refractivity contribution in [1.29, 1.82) is 0 Å². The predicted octanol–water partition coefficient (Wildman–Crippen LogP) is 5.05. The number of hydrogen-bond donors (Lipinski definition) is 3. The third-order valence-corrected chi connectivity index (χ3v) is 4.66. The number of carbonyl (C=O) groups excluding carboxylic acids is 1. The van der Waals surface area contributed by atoms with Crippen molar-refractivity contribution < 1.29 is 15.0 Å². The summed E-state index contributed by atoms with van der Waals surface area (Å²) >= 11 is 0. The Kier molecular flexibility index (Phi) is 18.8. The van der Waals surface area contributed by atoms with Crippen molar-refractivity contribution in [3.8, 4) is 0 Å². The molecule has 0 heterocycles.